The molecule has 0 aromatic carbocycles. The number of piperazine rings is 1. The first-order valence-electron chi connectivity index (χ1n) is 11.4. The zero-order valence-electron chi connectivity index (χ0n) is 17.8. The smallest absolute Gasteiger partial charge is 0.198 e. The van der Waals surface area contributed by atoms with E-state index in [1.54, 1.807) is 17.0 Å². The van der Waals surface area contributed by atoms with Crippen molar-refractivity contribution in [1.82, 2.24) is 19.4 Å². The van der Waals surface area contributed by atoms with Gasteiger partial charge in [0.2, 0.25) is 0 Å². The van der Waals surface area contributed by atoms with Crippen LogP contribution in [-0.2, 0) is 6.54 Å². The highest BCUT2D eigenvalue weighted by molar-refractivity contribution is 6.29. The Balaban J connectivity index is 1.12. The first kappa shape index (κ1) is 20.6. The third-order valence-corrected chi connectivity index (χ3v) is 7.21. The summed E-state index contributed by atoms with van der Waals surface area (Å²) < 4.78 is 1.73. The van der Waals surface area contributed by atoms with E-state index in [4.69, 9.17) is 11.6 Å². The van der Waals surface area contributed by atoms with Crippen LogP contribution in [0.3, 0.4) is 0 Å². The zero-order chi connectivity index (χ0) is 21.4. The average Bonchev–Trinajstić information content (AvgIpc) is 2.98. The summed E-state index contributed by atoms with van der Waals surface area (Å²) >= 11 is 5.96. The highest BCUT2D eigenvalue weighted by Crippen LogP contribution is 2.51. The van der Waals surface area contributed by atoms with Crippen molar-refractivity contribution in [1.29, 1.82) is 0 Å². The molecule has 2 N–H and O–H groups in total. The lowest BCUT2D eigenvalue weighted by Gasteiger charge is -2.35. The normalized spacial score (nSPS) is 23.2. The summed E-state index contributed by atoms with van der Waals surface area (Å²) in [6.07, 6.45) is 13.0. The molecule has 3 aliphatic carbocycles. The van der Waals surface area contributed by atoms with Crippen LogP contribution in [0.2, 0.25) is 5.15 Å². The maximum atomic E-state index is 10.8. The molecule has 0 radical (unpaired) electrons. The number of hydrogen-bond acceptors (Lipinski definition) is 6. The molecule has 2 bridgehead atoms. The van der Waals surface area contributed by atoms with Crippen LogP contribution < -0.4 is 4.90 Å². The maximum Gasteiger partial charge on any atom is 0.198 e. The van der Waals surface area contributed by atoms with Crippen molar-refractivity contribution in [2.24, 2.45) is 0 Å². The van der Waals surface area contributed by atoms with Gasteiger partial charge >= 0.3 is 0 Å². The van der Waals surface area contributed by atoms with Crippen LogP contribution in [-0.4, -0.2) is 62.4 Å². The molecule has 0 spiro atoms. The first-order chi connectivity index (χ1) is 15.1. The van der Waals surface area contributed by atoms with Crippen molar-refractivity contribution >= 4 is 17.4 Å². The molecule has 4 aliphatic rings. The van der Waals surface area contributed by atoms with Crippen LogP contribution in [0.1, 0.15) is 55.1 Å². The number of unbranched alkanes of at least 4 members (excludes halogenated alkanes) is 1. The van der Waals surface area contributed by atoms with E-state index in [0.29, 0.717) is 11.7 Å². The quantitative estimate of drug-likeness (QED) is 0.521. The molecule has 2 unspecified atom stereocenters. The largest absolute Gasteiger partial charge is 0.494 e. The number of nitrogens with zero attached hydrogens (tertiary/aromatic N) is 5. The fourth-order valence-corrected chi connectivity index (χ4v) is 5.51. The van der Waals surface area contributed by atoms with Gasteiger partial charge in [0.05, 0.1) is 12.4 Å². The van der Waals surface area contributed by atoms with Gasteiger partial charge in [0.15, 0.2) is 11.8 Å². The molecular formula is C23H30ClN5O2. The summed E-state index contributed by atoms with van der Waals surface area (Å²) in [5, 5.41) is 22.1. The molecule has 31 heavy (non-hydrogen) atoms. The number of aromatic hydroxyl groups is 2. The van der Waals surface area contributed by atoms with Gasteiger partial charge in [0.25, 0.3) is 0 Å². The molecule has 8 heteroatoms. The van der Waals surface area contributed by atoms with E-state index >= 15 is 0 Å². The molecule has 166 valence electrons. The Bertz CT molecular complexity index is 930. The fraction of sp³-hybridized carbons (Fsp3) is 0.565. The molecule has 1 fully saturated rings. The number of hydrogen-bond donors (Lipinski definition) is 2. The van der Waals surface area contributed by atoms with Crippen LogP contribution in [0.5, 0.6) is 11.8 Å². The van der Waals surface area contributed by atoms with Gasteiger partial charge in [-0.1, -0.05) is 30.2 Å². The molecule has 7 nitrogen and oxygen atoms in total. The molecule has 0 saturated carbocycles. The van der Waals surface area contributed by atoms with Crippen molar-refractivity contribution in [3.8, 4) is 11.8 Å². The van der Waals surface area contributed by atoms with Crippen molar-refractivity contribution in [2.45, 2.75) is 50.5 Å². The first-order valence-corrected chi connectivity index (χ1v) is 11.8. The lowest BCUT2D eigenvalue weighted by Crippen LogP contribution is -2.47. The number of fused-ring (bicyclic) bond motifs is 2. The highest BCUT2D eigenvalue weighted by atomic mass is 35.5. The Morgan fingerprint density at radius 3 is 2.19 bits per heavy atom. The van der Waals surface area contributed by atoms with E-state index in [1.807, 2.05) is 0 Å². The minimum atomic E-state index is 0.251. The van der Waals surface area contributed by atoms with Gasteiger partial charge < -0.3 is 15.1 Å². The summed E-state index contributed by atoms with van der Waals surface area (Å²) in [7, 11) is 0. The lowest BCUT2D eigenvalue weighted by atomic mass is 9.86. The number of aromatic nitrogens is 3. The minimum Gasteiger partial charge on any atom is -0.494 e. The number of anilines is 1. The van der Waals surface area contributed by atoms with Crippen molar-refractivity contribution in [2.75, 3.05) is 37.6 Å². The molecule has 2 aromatic rings. The van der Waals surface area contributed by atoms with Gasteiger partial charge in [-0.25, -0.2) is 4.98 Å². The summed E-state index contributed by atoms with van der Waals surface area (Å²) in [5.41, 5.74) is 1.95. The second kappa shape index (κ2) is 8.71. The Hall–Kier alpha value is -2.25. The van der Waals surface area contributed by atoms with E-state index in [2.05, 4.69) is 31.9 Å². The topological polar surface area (TPSA) is 77.7 Å². The highest BCUT2D eigenvalue weighted by Gasteiger charge is 2.35. The Morgan fingerprint density at radius 2 is 1.55 bits per heavy atom. The molecule has 1 saturated heterocycles. The van der Waals surface area contributed by atoms with E-state index in [1.165, 1.54) is 0 Å². The van der Waals surface area contributed by atoms with Crippen molar-refractivity contribution in [3.63, 3.8) is 0 Å². The van der Waals surface area contributed by atoms with Crippen LogP contribution in [0.25, 0.3) is 0 Å². The average molecular weight is 444 g/mol. The van der Waals surface area contributed by atoms with E-state index in [9.17, 15) is 10.2 Å². The molecule has 1 aliphatic heterocycles. The fourth-order valence-electron chi connectivity index (χ4n) is 5.37. The van der Waals surface area contributed by atoms with Crippen molar-refractivity contribution < 1.29 is 10.2 Å². The van der Waals surface area contributed by atoms with E-state index in [0.717, 1.165) is 81.8 Å². The SMILES string of the molecule is Oc1c2c(c(O)n1CCCCN1CCN(c3cncc(Cl)n3)CC1)C1C=CC2CCC1. The predicted octanol–water partition coefficient (Wildman–Crippen LogP) is 3.87. The third-order valence-electron chi connectivity index (χ3n) is 7.03. The molecule has 6 rings (SSSR count). The number of rotatable bonds is 6. The van der Waals surface area contributed by atoms with Gasteiger partial charge in [-0.2, -0.15) is 0 Å². The summed E-state index contributed by atoms with van der Waals surface area (Å²) in [5.74, 6) is 1.91. The predicted molar refractivity (Wildman–Crippen MR) is 121 cm³/mol. The molecule has 2 atom stereocenters. The van der Waals surface area contributed by atoms with E-state index in [-0.39, 0.29) is 23.6 Å². The van der Waals surface area contributed by atoms with Gasteiger partial charge in [-0.15, -0.1) is 0 Å². The van der Waals surface area contributed by atoms with Gasteiger partial charge in [-0.3, -0.25) is 14.5 Å². The molecule has 3 heterocycles. The molecule has 2 aromatic heterocycles. The molecular weight excluding hydrogens is 414 g/mol. The van der Waals surface area contributed by atoms with Gasteiger partial charge in [-0.05, 0) is 32.2 Å². The lowest BCUT2D eigenvalue weighted by molar-refractivity contribution is 0.249. The van der Waals surface area contributed by atoms with Crippen LogP contribution in [0.15, 0.2) is 24.5 Å². The maximum absolute atomic E-state index is 10.8. The van der Waals surface area contributed by atoms with Gasteiger partial charge in [0, 0.05) is 55.7 Å². The number of allylic oxidation sites excluding steroid dienone is 2. The second-order valence-electron chi connectivity index (χ2n) is 8.89. The van der Waals surface area contributed by atoms with Crippen LogP contribution >= 0.6 is 11.6 Å². The Labute approximate surface area is 188 Å². The standard InChI is InChI=1S/C23H30ClN5O2/c24-18-14-25-15-19(26-18)28-12-10-27(11-13-28)8-1-2-9-29-22(30)20-16-4-3-5-17(7-6-16)21(20)23(29)31/h6-7,14-17,30-31H,1-5,8-13H2. The number of halogens is 1. The molecule has 0 amide bonds. The Morgan fingerprint density at radius 1 is 0.903 bits per heavy atom. The second-order valence-corrected chi connectivity index (χ2v) is 9.28. The van der Waals surface area contributed by atoms with Crippen LogP contribution in [0, 0.1) is 0 Å². The minimum absolute atomic E-state index is 0.251. The summed E-state index contributed by atoms with van der Waals surface area (Å²) in [6, 6.07) is 0. The Kier molecular flexibility index (Phi) is 5.80. The van der Waals surface area contributed by atoms with Gasteiger partial charge in [0.1, 0.15) is 11.0 Å². The van der Waals surface area contributed by atoms with Crippen molar-refractivity contribution in [3.05, 3.63) is 40.8 Å². The summed E-state index contributed by atoms with van der Waals surface area (Å²) in [6.45, 7) is 5.47. The summed E-state index contributed by atoms with van der Waals surface area (Å²) in [4.78, 5) is 13.2. The van der Waals surface area contributed by atoms with Crippen LogP contribution in [0.4, 0.5) is 5.82 Å². The monoisotopic (exact) mass is 443 g/mol. The zero-order valence-corrected chi connectivity index (χ0v) is 18.5. The third kappa shape index (κ3) is 4.01. The van der Waals surface area contributed by atoms with E-state index < -0.39 is 0 Å².